The molecule has 0 fully saturated rings. The van der Waals surface area contributed by atoms with Gasteiger partial charge in [0.25, 0.3) is 0 Å². The zero-order chi connectivity index (χ0) is 16.1. The number of nitrogens with zero attached hydrogens (tertiary/aromatic N) is 4. The molecule has 0 bridgehead atoms. The van der Waals surface area contributed by atoms with E-state index in [0.29, 0.717) is 22.8 Å². The van der Waals surface area contributed by atoms with Gasteiger partial charge in [-0.2, -0.15) is 10.4 Å². The lowest BCUT2D eigenvalue weighted by molar-refractivity contribution is 0.687. The molecule has 112 valence electrons. The van der Waals surface area contributed by atoms with Crippen molar-refractivity contribution in [3.63, 3.8) is 0 Å². The van der Waals surface area contributed by atoms with Gasteiger partial charge >= 0.3 is 0 Å². The summed E-state index contributed by atoms with van der Waals surface area (Å²) in [4.78, 5) is 4.20. The van der Waals surface area contributed by atoms with E-state index in [-0.39, 0.29) is 0 Å². The van der Waals surface area contributed by atoms with Gasteiger partial charge in [0.05, 0.1) is 24.0 Å². The maximum absolute atomic E-state index is 9.32. The minimum atomic E-state index is 0.503. The number of pyridine rings is 1. The number of aromatic nitrogens is 3. The third-order valence-electron chi connectivity index (χ3n) is 3.32. The van der Waals surface area contributed by atoms with E-state index >= 15 is 0 Å². The quantitative estimate of drug-likeness (QED) is 0.682. The minimum absolute atomic E-state index is 0.503. The summed E-state index contributed by atoms with van der Waals surface area (Å²) in [5, 5.41) is 14.3. The van der Waals surface area contributed by atoms with E-state index in [1.165, 1.54) is 0 Å². The van der Waals surface area contributed by atoms with Gasteiger partial charge in [-0.25, -0.2) is 0 Å². The Bertz CT molecular complexity index is 875. The zero-order valence-electron chi connectivity index (χ0n) is 12.2. The Hall–Kier alpha value is -2.90. The molecule has 4 nitrogen and oxygen atoms in total. The van der Waals surface area contributed by atoms with E-state index in [1.807, 2.05) is 48.7 Å². The number of hydrogen-bond donors (Lipinski definition) is 0. The molecule has 0 aliphatic heterocycles. The third-order valence-corrected chi connectivity index (χ3v) is 3.68. The van der Waals surface area contributed by atoms with Crippen molar-refractivity contribution in [2.75, 3.05) is 0 Å². The molecule has 0 amide bonds. The van der Waals surface area contributed by atoms with Crippen LogP contribution in [0.5, 0.6) is 0 Å². The molecule has 0 atom stereocenters. The van der Waals surface area contributed by atoms with Gasteiger partial charge < -0.3 is 0 Å². The Labute approximate surface area is 139 Å². The van der Waals surface area contributed by atoms with Crippen molar-refractivity contribution >= 4 is 23.3 Å². The van der Waals surface area contributed by atoms with Gasteiger partial charge in [-0.3, -0.25) is 9.67 Å². The topological polar surface area (TPSA) is 54.5 Å². The van der Waals surface area contributed by atoms with E-state index in [4.69, 9.17) is 11.6 Å². The van der Waals surface area contributed by atoms with Crippen LogP contribution in [0.25, 0.3) is 11.6 Å². The predicted octanol–water partition coefficient (Wildman–Crippen LogP) is 4.04. The van der Waals surface area contributed by atoms with Gasteiger partial charge in [0.15, 0.2) is 0 Å². The van der Waals surface area contributed by atoms with E-state index in [2.05, 4.69) is 16.2 Å². The monoisotopic (exact) mass is 320 g/mol. The number of nitriles is 1. The highest BCUT2D eigenvalue weighted by Gasteiger charge is 2.05. The fourth-order valence-corrected chi connectivity index (χ4v) is 2.39. The Balaban J connectivity index is 1.83. The highest BCUT2D eigenvalue weighted by Crippen LogP contribution is 2.18. The summed E-state index contributed by atoms with van der Waals surface area (Å²) in [5.41, 5.74) is 2.99. The molecule has 0 spiro atoms. The van der Waals surface area contributed by atoms with E-state index in [1.54, 1.807) is 23.2 Å². The first-order chi connectivity index (χ1) is 11.3. The van der Waals surface area contributed by atoms with E-state index in [9.17, 15) is 5.26 Å². The van der Waals surface area contributed by atoms with Crippen molar-refractivity contribution in [1.82, 2.24) is 14.8 Å². The summed E-state index contributed by atoms with van der Waals surface area (Å²) < 4.78 is 1.79. The van der Waals surface area contributed by atoms with Crippen LogP contribution in [0.15, 0.2) is 61.1 Å². The molecule has 0 radical (unpaired) electrons. The second kappa shape index (κ2) is 6.91. The normalized spacial score (nSPS) is 11.2. The largest absolute Gasteiger partial charge is 0.268 e. The van der Waals surface area contributed by atoms with Crippen LogP contribution in [0.4, 0.5) is 0 Å². The molecular formula is C18H13ClN4. The first-order valence-electron chi connectivity index (χ1n) is 7.05. The number of hydrogen-bond acceptors (Lipinski definition) is 3. The van der Waals surface area contributed by atoms with Crippen molar-refractivity contribution < 1.29 is 0 Å². The molecule has 2 aromatic heterocycles. The number of allylic oxidation sites excluding steroid dienone is 1. The van der Waals surface area contributed by atoms with Crippen LogP contribution >= 0.6 is 11.6 Å². The molecule has 0 saturated heterocycles. The Morgan fingerprint density at radius 1 is 1.22 bits per heavy atom. The molecule has 0 aliphatic carbocycles. The van der Waals surface area contributed by atoms with E-state index < -0.39 is 0 Å². The summed E-state index contributed by atoms with van der Waals surface area (Å²) in [6, 6.07) is 15.3. The van der Waals surface area contributed by atoms with Crippen molar-refractivity contribution in [2.45, 2.75) is 6.54 Å². The summed E-state index contributed by atoms with van der Waals surface area (Å²) in [5.74, 6) is 0. The maximum atomic E-state index is 9.32. The van der Waals surface area contributed by atoms with Gasteiger partial charge in [-0.15, -0.1) is 0 Å². The molecule has 0 unspecified atom stereocenters. The number of benzene rings is 1. The van der Waals surface area contributed by atoms with Gasteiger partial charge in [-0.1, -0.05) is 35.9 Å². The van der Waals surface area contributed by atoms with Gasteiger partial charge in [-0.05, 0) is 29.8 Å². The molecule has 2 heterocycles. The number of rotatable bonds is 4. The lowest BCUT2D eigenvalue weighted by atomic mass is 10.1. The molecule has 0 aliphatic rings. The number of halogens is 1. The van der Waals surface area contributed by atoms with Crippen LogP contribution in [0.2, 0.25) is 5.02 Å². The van der Waals surface area contributed by atoms with Crippen molar-refractivity contribution in [3.8, 4) is 6.07 Å². The van der Waals surface area contributed by atoms with Crippen LogP contribution in [-0.4, -0.2) is 14.8 Å². The molecule has 5 heteroatoms. The molecular weight excluding hydrogens is 308 g/mol. The zero-order valence-corrected chi connectivity index (χ0v) is 13.0. The minimum Gasteiger partial charge on any atom is -0.268 e. The molecule has 0 saturated carbocycles. The fourth-order valence-electron chi connectivity index (χ4n) is 2.19. The molecule has 3 rings (SSSR count). The predicted molar refractivity (Wildman–Crippen MR) is 90.5 cm³/mol. The average Bonchev–Trinajstić information content (AvgIpc) is 3.03. The SMILES string of the molecule is N#CC(=Cc1cnn(Cc2ccccc2Cl)c1)c1ccccn1. The lowest BCUT2D eigenvalue weighted by Crippen LogP contribution is -2.00. The van der Waals surface area contributed by atoms with Crippen molar-refractivity contribution in [1.29, 1.82) is 5.26 Å². The van der Waals surface area contributed by atoms with Crippen LogP contribution in [0.1, 0.15) is 16.8 Å². The van der Waals surface area contributed by atoms with Gasteiger partial charge in [0.2, 0.25) is 0 Å². The van der Waals surface area contributed by atoms with Crippen molar-refractivity contribution in [2.24, 2.45) is 0 Å². The van der Waals surface area contributed by atoms with Crippen LogP contribution < -0.4 is 0 Å². The Kier molecular flexibility index (Phi) is 4.51. The summed E-state index contributed by atoms with van der Waals surface area (Å²) in [6.45, 7) is 0.582. The van der Waals surface area contributed by atoms with Gasteiger partial charge in [0.1, 0.15) is 6.07 Å². The van der Waals surface area contributed by atoms with Crippen molar-refractivity contribution in [3.05, 3.63) is 82.9 Å². The third kappa shape index (κ3) is 3.65. The van der Waals surface area contributed by atoms with Crippen LogP contribution in [-0.2, 0) is 6.54 Å². The van der Waals surface area contributed by atoms with Crippen LogP contribution in [0, 0.1) is 11.3 Å². The summed E-state index contributed by atoms with van der Waals surface area (Å²) in [7, 11) is 0. The highest BCUT2D eigenvalue weighted by molar-refractivity contribution is 6.31. The highest BCUT2D eigenvalue weighted by atomic mass is 35.5. The smallest absolute Gasteiger partial charge is 0.101 e. The second-order valence-corrected chi connectivity index (χ2v) is 5.35. The van der Waals surface area contributed by atoms with E-state index in [0.717, 1.165) is 11.1 Å². The molecule has 3 aromatic rings. The first kappa shape index (κ1) is 15.0. The Morgan fingerprint density at radius 2 is 2.04 bits per heavy atom. The summed E-state index contributed by atoms with van der Waals surface area (Å²) >= 11 is 6.16. The standard InChI is InChI=1S/C18H13ClN4/c19-17-6-2-1-5-15(17)13-23-12-14(11-22-23)9-16(10-20)18-7-3-4-8-21-18/h1-9,11-12H,13H2. The molecule has 0 N–H and O–H groups in total. The molecule has 1 aromatic carbocycles. The fraction of sp³-hybridized carbons (Fsp3) is 0.0556. The lowest BCUT2D eigenvalue weighted by Gasteiger charge is -2.03. The molecule has 23 heavy (non-hydrogen) atoms. The summed E-state index contributed by atoms with van der Waals surface area (Å²) in [6.07, 6.45) is 7.04. The average molecular weight is 321 g/mol. The van der Waals surface area contributed by atoms with Gasteiger partial charge in [0, 0.05) is 23.0 Å². The Morgan fingerprint density at radius 3 is 2.78 bits per heavy atom. The maximum Gasteiger partial charge on any atom is 0.101 e. The second-order valence-electron chi connectivity index (χ2n) is 4.95. The first-order valence-corrected chi connectivity index (χ1v) is 7.43. The van der Waals surface area contributed by atoms with Crippen LogP contribution in [0.3, 0.4) is 0 Å².